The molecule has 0 bridgehead atoms. The molecule has 0 spiro atoms. The third-order valence-electron chi connectivity index (χ3n) is 5.73. The van der Waals surface area contributed by atoms with Crippen molar-refractivity contribution in [3.63, 3.8) is 0 Å². The SMILES string of the molecule is Cc1ccccc1Cn1c(=O)c2c(nc3n2CCN3c2ccc(Cl)cc2)n(C)c1=O. The Kier molecular flexibility index (Phi) is 4.29. The van der Waals surface area contributed by atoms with Gasteiger partial charge in [-0.2, -0.15) is 4.98 Å². The molecule has 0 amide bonds. The second kappa shape index (κ2) is 6.88. The van der Waals surface area contributed by atoms with E-state index in [1.807, 2.05) is 64.9 Å². The Balaban J connectivity index is 1.68. The first kappa shape index (κ1) is 18.7. The quantitative estimate of drug-likeness (QED) is 0.510. The molecule has 0 unspecified atom stereocenters. The van der Waals surface area contributed by atoms with Crippen molar-refractivity contribution >= 4 is 34.4 Å². The fraction of sp³-hybridized carbons (Fsp3) is 0.227. The van der Waals surface area contributed by atoms with Gasteiger partial charge in [-0.3, -0.25) is 13.9 Å². The van der Waals surface area contributed by atoms with Crippen LogP contribution < -0.4 is 16.1 Å². The van der Waals surface area contributed by atoms with Gasteiger partial charge < -0.3 is 9.47 Å². The van der Waals surface area contributed by atoms with E-state index in [0.717, 1.165) is 16.8 Å². The summed E-state index contributed by atoms with van der Waals surface area (Å²) in [5, 5.41) is 0.660. The Morgan fingerprint density at radius 2 is 1.77 bits per heavy atom. The fourth-order valence-corrected chi connectivity index (χ4v) is 4.17. The van der Waals surface area contributed by atoms with Crippen LogP contribution in [-0.4, -0.2) is 25.2 Å². The zero-order valence-corrected chi connectivity index (χ0v) is 17.4. The van der Waals surface area contributed by atoms with Crippen molar-refractivity contribution in [2.75, 3.05) is 11.4 Å². The Labute approximate surface area is 177 Å². The molecular weight excluding hydrogens is 402 g/mol. The maximum Gasteiger partial charge on any atom is 0.332 e. The number of anilines is 2. The van der Waals surface area contributed by atoms with Crippen LogP contribution in [0.15, 0.2) is 58.1 Å². The summed E-state index contributed by atoms with van der Waals surface area (Å²) in [4.78, 5) is 33.1. The lowest BCUT2D eigenvalue weighted by Crippen LogP contribution is -2.40. The number of halogens is 1. The minimum Gasteiger partial charge on any atom is -0.310 e. The molecule has 1 aliphatic rings. The summed E-state index contributed by atoms with van der Waals surface area (Å²) in [5.41, 5.74) is 3.10. The number of aryl methyl sites for hydroxylation is 2. The van der Waals surface area contributed by atoms with Gasteiger partial charge in [0.05, 0.1) is 6.54 Å². The first-order valence-corrected chi connectivity index (χ1v) is 10.1. The molecule has 0 aliphatic carbocycles. The van der Waals surface area contributed by atoms with Crippen LogP contribution in [0.25, 0.3) is 11.2 Å². The van der Waals surface area contributed by atoms with Crippen LogP contribution in [0.4, 0.5) is 11.6 Å². The highest BCUT2D eigenvalue weighted by atomic mass is 35.5. The maximum atomic E-state index is 13.4. The van der Waals surface area contributed by atoms with Gasteiger partial charge in [-0.15, -0.1) is 0 Å². The molecule has 8 heteroatoms. The molecular formula is C22H20ClN5O2. The van der Waals surface area contributed by atoms with Gasteiger partial charge in [-0.05, 0) is 42.3 Å². The number of hydrogen-bond donors (Lipinski definition) is 0. The molecule has 0 saturated carbocycles. The predicted molar refractivity (Wildman–Crippen MR) is 118 cm³/mol. The van der Waals surface area contributed by atoms with Crippen molar-refractivity contribution in [2.24, 2.45) is 7.05 Å². The monoisotopic (exact) mass is 421 g/mol. The summed E-state index contributed by atoms with van der Waals surface area (Å²) in [5.74, 6) is 0.660. The molecule has 4 aromatic rings. The van der Waals surface area contributed by atoms with E-state index in [9.17, 15) is 9.59 Å². The van der Waals surface area contributed by atoms with Gasteiger partial charge in [0, 0.05) is 30.8 Å². The van der Waals surface area contributed by atoms with E-state index < -0.39 is 0 Å². The van der Waals surface area contributed by atoms with Gasteiger partial charge >= 0.3 is 5.69 Å². The third kappa shape index (κ3) is 2.77. The minimum atomic E-state index is -0.370. The number of nitrogens with zero attached hydrogens (tertiary/aromatic N) is 5. The van der Waals surface area contributed by atoms with Gasteiger partial charge in [-0.1, -0.05) is 35.9 Å². The highest BCUT2D eigenvalue weighted by molar-refractivity contribution is 6.30. The standard InChI is InChI=1S/C22H20ClN5O2/c1-14-5-3-4-6-15(14)13-28-20(29)18-19(25(2)22(28)30)24-21-26(11-12-27(18)21)17-9-7-16(23)8-10-17/h3-10H,11-13H2,1-2H3. The lowest BCUT2D eigenvalue weighted by Gasteiger charge is -2.15. The van der Waals surface area contributed by atoms with E-state index in [1.165, 1.54) is 9.13 Å². The lowest BCUT2D eigenvalue weighted by molar-refractivity contribution is 0.650. The smallest absolute Gasteiger partial charge is 0.310 e. The molecule has 7 nitrogen and oxygen atoms in total. The zero-order valence-electron chi connectivity index (χ0n) is 16.7. The van der Waals surface area contributed by atoms with Crippen LogP contribution in [-0.2, 0) is 20.1 Å². The van der Waals surface area contributed by atoms with E-state index in [4.69, 9.17) is 11.6 Å². The Bertz CT molecular complexity index is 1400. The minimum absolute atomic E-state index is 0.232. The molecule has 2 aromatic heterocycles. The highest BCUT2D eigenvalue weighted by Gasteiger charge is 2.28. The molecule has 0 atom stereocenters. The molecule has 2 aromatic carbocycles. The van der Waals surface area contributed by atoms with Crippen LogP contribution in [0.2, 0.25) is 5.02 Å². The number of imidazole rings is 1. The molecule has 30 heavy (non-hydrogen) atoms. The summed E-state index contributed by atoms with van der Waals surface area (Å²) in [6.07, 6.45) is 0. The van der Waals surface area contributed by atoms with Crippen LogP contribution in [0.5, 0.6) is 0 Å². The van der Waals surface area contributed by atoms with Gasteiger partial charge in [0.2, 0.25) is 5.95 Å². The molecule has 3 heterocycles. The molecule has 0 N–H and O–H groups in total. The number of rotatable bonds is 3. The fourth-order valence-electron chi connectivity index (χ4n) is 4.04. The Morgan fingerprint density at radius 1 is 1.03 bits per heavy atom. The molecule has 152 valence electrons. The zero-order chi connectivity index (χ0) is 21.0. The number of benzene rings is 2. The number of hydrogen-bond acceptors (Lipinski definition) is 4. The molecule has 0 saturated heterocycles. The summed E-state index contributed by atoms with van der Waals surface area (Å²) in [6.45, 7) is 3.52. The van der Waals surface area contributed by atoms with Crippen molar-refractivity contribution in [3.8, 4) is 0 Å². The van der Waals surface area contributed by atoms with Crippen LogP contribution in [0.1, 0.15) is 11.1 Å². The second-order valence-corrected chi connectivity index (χ2v) is 7.96. The number of fused-ring (bicyclic) bond motifs is 3. The van der Waals surface area contributed by atoms with Crippen molar-refractivity contribution in [1.82, 2.24) is 18.7 Å². The average molecular weight is 422 g/mol. The lowest BCUT2D eigenvalue weighted by atomic mass is 10.1. The summed E-state index contributed by atoms with van der Waals surface area (Å²) in [6, 6.07) is 15.3. The highest BCUT2D eigenvalue weighted by Crippen LogP contribution is 2.32. The van der Waals surface area contributed by atoms with E-state index in [-0.39, 0.29) is 17.8 Å². The normalized spacial score (nSPS) is 13.2. The second-order valence-electron chi connectivity index (χ2n) is 7.52. The van der Waals surface area contributed by atoms with Crippen molar-refractivity contribution < 1.29 is 0 Å². The van der Waals surface area contributed by atoms with Crippen LogP contribution >= 0.6 is 11.6 Å². The van der Waals surface area contributed by atoms with Gasteiger partial charge in [0.1, 0.15) is 0 Å². The Morgan fingerprint density at radius 3 is 2.50 bits per heavy atom. The molecule has 0 fully saturated rings. The largest absolute Gasteiger partial charge is 0.332 e. The first-order chi connectivity index (χ1) is 14.5. The maximum absolute atomic E-state index is 13.4. The van der Waals surface area contributed by atoms with E-state index in [1.54, 1.807) is 7.05 Å². The first-order valence-electron chi connectivity index (χ1n) is 9.73. The van der Waals surface area contributed by atoms with E-state index >= 15 is 0 Å². The average Bonchev–Trinajstić information content (AvgIpc) is 3.31. The topological polar surface area (TPSA) is 65.1 Å². The summed E-state index contributed by atoms with van der Waals surface area (Å²) in [7, 11) is 1.66. The van der Waals surface area contributed by atoms with Gasteiger partial charge in [-0.25, -0.2) is 4.79 Å². The van der Waals surface area contributed by atoms with Crippen LogP contribution in [0, 0.1) is 6.92 Å². The number of aromatic nitrogens is 4. The molecule has 1 aliphatic heterocycles. The van der Waals surface area contributed by atoms with E-state index in [2.05, 4.69) is 4.98 Å². The van der Waals surface area contributed by atoms with E-state index in [0.29, 0.717) is 35.2 Å². The van der Waals surface area contributed by atoms with Gasteiger partial charge in [0.15, 0.2) is 11.2 Å². The third-order valence-corrected chi connectivity index (χ3v) is 5.98. The van der Waals surface area contributed by atoms with Crippen molar-refractivity contribution in [2.45, 2.75) is 20.0 Å². The van der Waals surface area contributed by atoms with Crippen molar-refractivity contribution in [3.05, 3.63) is 85.5 Å². The summed E-state index contributed by atoms with van der Waals surface area (Å²) < 4.78 is 4.66. The summed E-state index contributed by atoms with van der Waals surface area (Å²) >= 11 is 6.02. The van der Waals surface area contributed by atoms with Crippen LogP contribution in [0.3, 0.4) is 0 Å². The van der Waals surface area contributed by atoms with Crippen molar-refractivity contribution in [1.29, 1.82) is 0 Å². The predicted octanol–water partition coefficient (Wildman–Crippen LogP) is 3.06. The molecule has 0 radical (unpaired) electrons. The molecule has 5 rings (SSSR count). The van der Waals surface area contributed by atoms with Gasteiger partial charge in [0.25, 0.3) is 5.56 Å². The Hall–Kier alpha value is -3.32.